The quantitative estimate of drug-likeness (QED) is 0.867. The second-order valence-electron chi connectivity index (χ2n) is 6.58. The molecule has 0 unspecified atom stereocenters. The summed E-state index contributed by atoms with van der Waals surface area (Å²) >= 11 is 6.11. The van der Waals surface area contributed by atoms with Crippen molar-refractivity contribution in [3.05, 3.63) is 70.7 Å². The molecule has 1 aliphatic rings. The highest BCUT2D eigenvalue weighted by Crippen LogP contribution is 2.17. The number of likely N-dealkylation sites (N-methyl/N-ethyl adjacent to an activating group) is 1. The van der Waals surface area contributed by atoms with E-state index in [4.69, 9.17) is 11.6 Å². The molecule has 1 saturated heterocycles. The lowest BCUT2D eigenvalue weighted by molar-refractivity contribution is 0.142. The molecule has 128 valence electrons. The van der Waals surface area contributed by atoms with Crippen molar-refractivity contribution >= 4 is 11.6 Å². The first-order chi connectivity index (χ1) is 11.7. The Kier molecular flexibility index (Phi) is 6.27. The van der Waals surface area contributed by atoms with Crippen LogP contribution in [0.2, 0.25) is 5.02 Å². The molecule has 0 saturated carbocycles. The van der Waals surface area contributed by atoms with Crippen molar-refractivity contribution < 1.29 is 0 Å². The fourth-order valence-electron chi connectivity index (χ4n) is 3.15. The summed E-state index contributed by atoms with van der Waals surface area (Å²) in [5.41, 5.74) is 2.57. The summed E-state index contributed by atoms with van der Waals surface area (Å²) in [6.07, 6.45) is 0. The summed E-state index contributed by atoms with van der Waals surface area (Å²) in [5, 5.41) is 4.52. The molecule has 4 heteroatoms. The van der Waals surface area contributed by atoms with Gasteiger partial charge in [0.1, 0.15) is 0 Å². The summed E-state index contributed by atoms with van der Waals surface area (Å²) in [6, 6.07) is 19.2. The highest BCUT2D eigenvalue weighted by atomic mass is 35.5. The van der Waals surface area contributed by atoms with E-state index in [2.05, 4.69) is 58.6 Å². The SMILES string of the molecule is CN1CCN(C[C@@H](NCc2cccc(Cl)c2)c2ccccc2)CC1. The van der Waals surface area contributed by atoms with Gasteiger partial charge in [-0.25, -0.2) is 0 Å². The van der Waals surface area contributed by atoms with Crippen LogP contribution in [0.4, 0.5) is 0 Å². The average molecular weight is 344 g/mol. The first-order valence-corrected chi connectivity index (χ1v) is 9.02. The molecule has 1 aliphatic heterocycles. The van der Waals surface area contributed by atoms with E-state index in [0.717, 1.165) is 44.3 Å². The Balaban J connectivity index is 1.66. The highest BCUT2D eigenvalue weighted by Gasteiger charge is 2.19. The zero-order valence-electron chi connectivity index (χ0n) is 14.3. The molecule has 0 aliphatic carbocycles. The zero-order chi connectivity index (χ0) is 16.8. The molecule has 1 N–H and O–H groups in total. The minimum Gasteiger partial charge on any atom is -0.305 e. The Hall–Kier alpha value is -1.39. The van der Waals surface area contributed by atoms with Crippen LogP contribution in [0.15, 0.2) is 54.6 Å². The summed E-state index contributed by atoms with van der Waals surface area (Å²) < 4.78 is 0. The van der Waals surface area contributed by atoms with Crippen molar-refractivity contribution in [1.29, 1.82) is 0 Å². The zero-order valence-corrected chi connectivity index (χ0v) is 15.0. The number of piperazine rings is 1. The summed E-state index contributed by atoms with van der Waals surface area (Å²) in [5.74, 6) is 0. The molecule has 0 amide bonds. The smallest absolute Gasteiger partial charge is 0.0451 e. The number of rotatable bonds is 6. The fraction of sp³-hybridized carbons (Fsp3) is 0.400. The lowest BCUT2D eigenvalue weighted by atomic mass is 10.1. The van der Waals surface area contributed by atoms with Gasteiger partial charge in [0.05, 0.1) is 0 Å². The van der Waals surface area contributed by atoms with Gasteiger partial charge in [0.15, 0.2) is 0 Å². The number of hydrogen-bond donors (Lipinski definition) is 1. The van der Waals surface area contributed by atoms with Gasteiger partial charge in [-0.2, -0.15) is 0 Å². The van der Waals surface area contributed by atoms with Crippen molar-refractivity contribution in [2.75, 3.05) is 39.8 Å². The van der Waals surface area contributed by atoms with Crippen LogP contribution in [0.3, 0.4) is 0 Å². The van der Waals surface area contributed by atoms with Gasteiger partial charge in [0, 0.05) is 50.3 Å². The van der Waals surface area contributed by atoms with Gasteiger partial charge in [0.25, 0.3) is 0 Å². The third-order valence-corrected chi connectivity index (χ3v) is 4.92. The predicted molar refractivity (Wildman–Crippen MR) is 101 cm³/mol. The first kappa shape index (κ1) is 17.4. The largest absolute Gasteiger partial charge is 0.305 e. The maximum absolute atomic E-state index is 6.11. The number of nitrogens with one attached hydrogen (secondary N) is 1. The second-order valence-corrected chi connectivity index (χ2v) is 7.01. The number of halogens is 1. The lowest BCUT2D eigenvalue weighted by Crippen LogP contribution is -2.47. The lowest BCUT2D eigenvalue weighted by Gasteiger charge is -2.35. The minimum absolute atomic E-state index is 0.327. The van der Waals surface area contributed by atoms with Gasteiger partial charge in [-0.15, -0.1) is 0 Å². The molecule has 3 rings (SSSR count). The molecule has 2 aromatic carbocycles. The normalized spacial score (nSPS) is 17.8. The molecule has 1 fully saturated rings. The maximum Gasteiger partial charge on any atom is 0.0451 e. The Bertz CT molecular complexity index is 624. The minimum atomic E-state index is 0.327. The predicted octanol–water partition coefficient (Wildman–Crippen LogP) is 3.42. The van der Waals surface area contributed by atoms with Gasteiger partial charge < -0.3 is 10.2 Å². The molecule has 0 radical (unpaired) electrons. The maximum atomic E-state index is 6.11. The fourth-order valence-corrected chi connectivity index (χ4v) is 3.36. The Morgan fingerprint density at radius 2 is 1.75 bits per heavy atom. The van der Waals surface area contributed by atoms with E-state index in [-0.39, 0.29) is 0 Å². The molecule has 1 heterocycles. The van der Waals surface area contributed by atoms with Crippen molar-refractivity contribution in [3.63, 3.8) is 0 Å². The second kappa shape index (κ2) is 8.63. The van der Waals surface area contributed by atoms with Gasteiger partial charge in [0.2, 0.25) is 0 Å². The van der Waals surface area contributed by atoms with Crippen molar-refractivity contribution in [2.24, 2.45) is 0 Å². The number of benzene rings is 2. The van der Waals surface area contributed by atoms with Crippen LogP contribution in [0.1, 0.15) is 17.2 Å². The summed E-state index contributed by atoms with van der Waals surface area (Å²) in [6.45, 7) is 6.44. The molecule has 0 bridgehead atoms. The Morgan fingerprint density at radius 3 is 2.46 bits per heavy atom. The van der Waals surface area contributed by atoms with Crippen LogP contribution in [0, 0.1) is 0 Å². The molecule has 0 aromatic heterocycles. The van der Waals surface area contributed by atoms with Crippen molar-refractivity contribution in [3.8, 4) is 0 Å². The molecular weight excluding hydrogens is 318 g/mol. The van der Waals surface area contributed by atoms with Crippen LogP contribution in [0.5, 0.6) is 0 Å². The summed E-state index contributed by atoms with van der Waals surface area (Å²) in [7, 11) is 2.20. The molecule has 24 heavy (non-hydrogen) atoms. The van der Waals surface area contributed by atoms with Gasteiger partial charge in [-0.1, -0.05) is 54.1 Å². The topological polar surface area (TPSA) is 18.5 Å². The van der Waals surface area contributed by atoms with Gasteiger partial charge in [-0.05, 0) is 30.3 Å². The van der Waals surface area contributed by atoms with Crippen LogP contribution in [-0.4, -0.2) is 49.6 Å². The standard InChI is InChI=1S/C20H26ClN3/c1-23-10-12-24(13-11-23)16-20(18-7-3-2-4-8-18)22-15-17-6-5-9-19(21)14-17/h2-9,14,20,22H,10-13,15-16H2,1H3/t20-/m1/s1. The Morgan fingerprint density at radius 1 is 1.00 bits per heavy atom. The van der Waals surface area contributed by atoms with Gasteiger partial charge >= 0.3 is 0 Å². The molecule has 1 atom stereocenters. The van der Waals surface area contributed by atoms with Crippen LogP contribution in [0.25, 0.3) is 0 Å². The average Bonchev–Trinajstić information content (AvgIpc) is 2.61. The monoisotopic (exact) mass is 343 g/mol. The number of nitrogens with zero attached hydrogens (tertiary/aromatic N) is 2. The molecule has 0 spiro atoms. The third kappa shape index (κ3) is 5.05. The number of hydrogen-bond acceptors (Lipinski definition) is 3. The van der Waals surface area contributed by atoms with Gasteiger partial charge in [-0.3, -0.25) is 4.90 Å². The highest BCUT2D eigenvalue weighted by molar-refractivity contribution is 6.30. The molecular formula is C20H26ClN3. The van der Waals surface area contributed by atoms with Crippen LogP contribution < -0.4 is 5.32 Å². The van der Waals surface area contributed by atoms with E-state index < -0.39 is 0 Å². The molecule has 2 aromatic rings. The van der Waals surface area contributed by atoms with Crippen LogP contribution in [-0.2, 0) is 6.54 Å². The van der Waals surface area contributed by atoms with E-state index >= 15 is 0 Å². The van der Waals surface area contributed by atoms with Crippen molar-refractivity contribution in [2.45, 2.75) is 12.6 Å². The van der Waals surface area contributed by atoms with Crippen LogP contribution >= 0.6 is 11.6 Å². The first-order valence-electron chi connectivity index (χ1n) is 8.64. The summed E-state index contributed by atoms with van der Waals surface area (Å²) in [4.78, 5) is 4.95. The Labute approximate surface area is 150 Å². The van der Waals surface area contributed by atoms with E-state index in [0.29, 0.717) is 6.04 Å². The molecule has 3 nitrogen and oxygen atoms in total. The van der Waals surface area contributed by atoms with E-state index in [1.807, 2.05) is 18.2 Å². The van der Waals surface area contributed by atoms with E-state index in [1.54, 1.807) is 0 Å². The van der Waals surface area contributed by atoms with E-state index in [9.17, 15) is 0 Å². The third-order valence-electron chi connectivity index (χ3n) is 4.68. The van der Waals surface area contributed by atoms with E-state index in [1.165, 1.54) is 11.1 Å². The van der Waals surface area contributed by atoms with Crippen molar-refractivity contribution in [1.82, 2.24) is 15.1 Å².